The molecule has 0 spiro atoms. The maximum Gasteiger partial charge on any atom is 0.191 e. The molecule has 23 heavy (non-hydrogen) atoms. The van der Waals surface area contributed by atoms with E-state index in [9.17, 15) is 5.11 Å². The topological polar surface area (TPSA) is 65.9 Å². The first-order chi connectivity index (χ1) is 10.7. The van der Waals surface area contributed by atoms with Gasteiger partial charge in [-0.25, -0.2) is 0 Å². The molecule has 0 bridgehead atoms. The average Bonchev–Trinajstić information content (AvgIpc) is 3.28. The van der Waals surface area contributed by atoms with E-state index in [2.05, 4.69) is 36.4 Å². The molecular weight excluding hydrogens is 405 g/mol. The summed E-state index contributed by atoms with van der Waals surface area (Å²) in [4.78, 5) is 4.66. The Hall–Kier alpha value is -0.0800. The zero-order valence-electron chi connectivity index (χ0n) is 15.0. The van der Waals surface area contributed by atoms with Gasteiger partial charge in [-0.3, -0.25) is 4.99 Å². The minimum absolute atomic E-state index is 0. The van der Waals surface area contributed by atoms with Crippen LogP contribution in [-0.4, -0.2) is 50.5 Å². The molecule has 1 aliphatic rings. The Balaban J connectivity index is 0.00000484. The maximum absolute atomic E-state index is 9.17. The van der Waals surface area contributed by atoms with E-state index in [1.807, 2.05) is 0 Å². The summed E-state index contributed by atoms with van der Waals surface area (Å²) in [5, 5.41) is 15.8. The van der Waals surface area contributed by atoms with Gasteiger partial charge in [0.25, 0.3) is 0 Å². The predicted octanol–water partition coefficient (Wildman–Crippen LogP) is 2.63. The van der Waals surface area contributed by atoms with E-state index in [0.29, 0.717) is 11.8 Å². The van der Waals surface area contributed by atoms with Crippen LogP contribution >= 0.6 is 24.0 Å². The van der Waals surface area contributed by atoms with Crippen LogP contribution in [0.4, 0.5) is 0 Å². The Morgan fingerprint density at radius 1 is 1.30 bits per heavy atom. The largest absolute Gasteiger partial charge is 0.396 e. The highest BCUT2D eigenvalue weighted by Crippen LogP contribution is 2.28. The van der Waals surface area contributed by atoms with Crippen LogP contribution in [0.15, 0.2) is 4.99 Å². The van der Waals surface area contributed by atoms with Gasteiger partial charge in [-0.1, -0.05) is 13.8 Å². The fourth-order valence-electron chi connectivity index (χ4n) is 2.47. The Morgan fingerprint density at radius 3 is 2.61 bits per heavy atom. The van der Waals surface area contributed by atoms with Crippen molar-refractivity contribution in [2.24, 2.45) is 22.7 Å². The van der Waals surface area contributed by atoms with Crippen molar-refractivity contribution in [3.63, 3.8) is 0 Å². The first-order valence-electron chi connectivity index (χ1n) is 8.86. The number of aliphatic hydroxyl groups is 1. The predicted molar refractivity (Wildman–Crippen MR) is 108 cm³/mol. The summed E-state index contributed by atoms with van der Waals surface area (Å²) in [6.07, 6.45) is 4.60. The molecule has 0 radical (unpaired) electrons. The zero-order valence-corrected chi connectivity index (χ0v) is 17.3. The van der Waals surface area contributed by atoms with Crippen LogP contribution in [0.3, 0.4) is 0 Å². The van der Waals surface area contributed by atoms with Crippen LogP contribution in [0, 0.1) is 17.8 Å². The molecule has 6 heteroatoms. The van der Waals surface area contributed by atoms with Gasteiger partial charge >= 0.3 is 0 Å². The van der Waals surface area contributed by atoms with E-state index in [4.69, 9.17) is 4.74 Å². The third kappa shape index (κ3) is 12.9. The van der Waals surface area contributed by atoms with Crippen LogP contribution in [0.25, 0.3) is 0 Å². The number of guanidine groups is 1. The third-order valence-corrected chi connectivity index (χ3v) is 3.78. The van der Waals surface area contributed by atoms with E-state index in [1.54, 1.807) is 0 Å². The second kappa shape index (κ2) is 14.3. The molecule has 1 fully saturated rings. The van der Waals surface area contributed by atoms with Crippen molar-refractivity contribution >= 4 is 29.9 Å². The molecule has 3 N–H and O–H groups in total. The average molecular weight is 441 g/mol. The number of aliphatic imine (C=N–C) groups is 1. The van der Waals surface area contributed by atoms with Crippen molar-refractivity contribution in [1.29, 1.82) is 0 Å². The van der Waals surface area contributed by atoms with Gasteiger partial charge in [0.05, 0.1) is 6.61 Å². The number of ether oxygens (including phenoxy) is 1. The number of rotatable bonds is 12. The van der Waals surface area contributed by atoms with Crippen LogP contribution in [0.2, 0.25) is 0 Å². The van der Waals surface area contributed by atoms with Crippen LogP contribution < -0.4 is 10.6 Å². The highest BCUT2D eigenvalue weighted by atomic mass is 127. The minimum Gasteiger partial charge on any atom is -0.396 e. The summed E-state index contributed by atoms with van der Waals surface area (Å²) in [5.41, 5.74) is 0. The molecule has 1 atom stereocenters. The van der Waals surface area contributed by atoms with E-state index in [-0.39, 0.29) is 30.6 Å². The van der Waals surface area contributed by atoms with Crippen molar-refractivity contribution in [2.75, 3.05) is 39.5 Å². The van der Waals surface area contributed by atoms with Gasteiger partial charge in [-0.2, -0.15) is 0 Å². The number of hydrogen-bond donors (Lipinski definition) is 3. The Labute approximate surface area is 159 Å². The lowest BCUT2D eigenvalue weighted by Crippen LogP contribution is -2.39. The Morgan fingerprint density at radius 2 is 2.04 bits per heavy atom. The molecule has 1 unspecified atom stereocenters. The second-order valence-electron chi connectivity index (χ2n) is 6.67. The molecule has 138 valence electrons. The van der Waals surface area contributed by atoms with Gasteiger partial charge in [-0.15, -0.1) is 24.0 Å². The fraction of sp³-hybridized carbons (Fsp3) is 0.941. The van der Waals surface area contributed by atoms with Gasteiger partial charge < -0.3 is 20.5 Å². The van der Waals surface area contributed by atoms with Gasteiger partial charge in [0, 0.05) is 32.8 Å². The van der Waals surface area contributed by atoms with Crippen molar-refractivity contribution in [2.45, 2.75) is 46.5 Å². The van der Waals surface area contributed by atoms with Crippen molar-refractivity contribution in [1.82, 2.24) is 10.6 Å². The molecule has 0 aliphatic heterocycles. The molecule has 1 rings (SSSR count). The lowest BCUT2D eigenvalue weighted by atomic mass is 9.94. The lowest BCUT2D eigenvalue weighted by molar-refractivity contribution is 0.129. The molecule has 1 saturated carbocycles. The molecule has 5 nitrogen and oxygen atoms in total. The zero-order chi connectivity index (χ0) is 16.2. The minimum atomic E-state index is 0. The lowest BCUT2D eigenvalue weighted by Gasteiger charge is -2.17. The summed E-state index contributed by atoms with van der Waals surface area (Å²) < 4.78 is 5.62. The van der Waals surface area contributed by atoms with E-state index < -0.39 is 0 Å². The van der Waals surface area contributed by atoms with Crippen LogP contribution in [-0.2, 0) is 4.74 Å². The van der Waals surface area contributed by atoms with Gasteiger partial charge in [0.1, 0.15) is 0 Å². The summed E-state index contributed by atoms with van der Waals surface area (Å²) in [5.74, 6) is 2.76. The molecule has 0 amide bonds. The highest BCUT2D eigenvalue weighted by molar-refractivity contribution is 14.0. The number of hydrogen-bond acceptors (Lipinski definition) is 3. The summed E-state index contributed by atoms with van der Waals surface area (Å²) in [7, 11) is 0. The number of nitrogens with one attached hydrogen (secondary N) is 2. The molecule has 1 aliphatic carbocycles. The maximum atomic E-state index is 9.17. The summed E-state index contributed by atoms with van der Waals surface area (Å²) in [6.45, 7) is 10.8. The Bertz CT molecular complexity index is 310. The SMILES string of the molecule is CCNC(=NCC(CCO)CC(C)C)NCCOCC1CC1.I. The standard InChI is InChI=1S/C17H35N3O2.HI/c1-4-18-17(19-8-10-22-13-15-5-6-15)20-12-16(7-9-21)11-14(2)3;/h14-16,21H,4-13H2,1-3H3,(H2,18,19,20);1H. The number of nitrogens with zero attached hydrogens (tertiary/aromatic N) is 1. The summed E-state index contributed by atoms with van der Waals surface area (Å²) in [6, 6.07) is 0. The van der Waals surface area contributed by atoms with Crippen molar-refractivity contribution in [3.05, 3.63) is 0 Å². The molecule has 0 aromatic rings. The van der Waals surface area contributed by atoms with Gasteiger partial charge in [0.2, 0.25) is 0 Å². The first-order valence-corrected chi connectivity index (χ1v) is 8.86. The Kier molecular flexibility index (Phi) is 14.2. The third-order valence-electron chi connectivity index (χ3n) is 3.78. The second-order valence-corrected chi connectivity index (χ2v) is 6.67. The van der Waals surface area contributed by atoms with E-state index in [1.165, 1.54) is 12.8 Å². The number of halogens is 1. The number of aliphatic hydroxyl groups excluding tert-OH is 1. The van der Waals surface area contributed by atoms with E-state index in [0.717, 1.165) is 57.6 Å². The normalized spacial score (nSPS) is 16.1. The van der Waals surface area contributed by atoms with Crippen LogP contribution in [0.5, 0.6) is 0 Å². The molecule has 0 aromatic heterocycles. The molecule has 0 heterocycles. The quantitative estimate of drug-likeness (QED) is 0.189. The fourth-order valence-corrected chi connectivity index (χ4v) is 2.47. The van der Waals surface area contributed by atoms with E-state index >= 15 is 0 Å². The first kappa shape index (κ1) is 22.9. The highest BCUT2D eigenvalue weighted by Gasteiger charge is 2.20. The summed E-state index contributed by atoms with van der Waals surface area (Å²) >= 11 is 0. The monoisotopic (exact) mass is 441 g/mol. The van der Waals surface area contributed by atoms with Crippen molar-refractivity contribution in [3.8, 4) is 0 Å². The molecule has 0 aromatic carbocycles. The molecule has 0 saturated heterocycles. The molecular formula is C17H36IN3O2. The van der Waals surface area contributed by atoms with Crippen molar-refractivity contribution < 1.29 is 9.84 Å². The smallest absolute Gasteiger partial charge is 0.191 e. The van der Waals surface area contributed by atoms with Gasteiger partial charge in [0.15, 0.2) is 5.96 Å². The van der Waals surface area contributed by atoms with Gasteiger partial charge in [-0.05, 0) is 50.4 Å². The van der Waals surface area contributed by atoms with Crippen LogP contribution in [0.1, 0.15) is 46.5 Å².